The van der Waals surface area contributed by atoms with Crippen LogP contribution in [0.3, 0.4) is 0 Å². The van der Waals surface area contributed by atoms with Crippen molar-refractivity contribution in [1.29, 1.82) is 0 Å². The van der Waals surface area contributed by atoms with Gasteiger partial charge in [0.1, 0.15) is 0 Å². The molecule has 0 atom stereocenters. The molecule has 2 aromatic carbocycles. The highest BCUT2D eigenvalue weighted by Crippen LogP contribution is 2.33. The van der Waals surface area contributed by atoms with E-state index in [0.717, 1.165) is 28.5 Å². The third-order valence-electron chi connectivity index (χ3n) is 5.22. The molecule has 9 heteroatoms. The first-order chi connectivity index (χ1) is 15.3. The minimum atomic E-state index is 0.0900. The zero-order chi connectivity index (χ0) is 21.0. The molecule has 5 rings (SSSR count). The SMILES string of the molecule is O=C(CSc1nnc(-c2ccccc2)n1Cc1ccc2c(c1)OCO2)N1CCOCC1. The van der Waals surface area contributed by atoms with Crippen molar-refractivity contribution in [2.75, 3.05) is 38.8 Å². The summed E-state index contributed by atoms with van der Waals surface area (Å²) < 4.78 is 18.3. The van der Waals surface area contributed by atoms with E-state index in [-0.39, 0.29) is 12.7 Å². The molecule has 0 spiro atoms. The van der Waals surface area contributed by atoms with Gasteiger partial charge in [-0.1, -0.05) is 48.2 Å². The molecule has 2 aliphatic heterocycles. The summed E-state index contributed by atoms with van der Waals surface area (Å²) in [5.41, 5.74) is 2.02. The van der Waals surface area contributed by atoms with E-state index in [0.29, 0.717) is 43.8 Å². The number of hydrogen-bond acceptors (Lipinski definition) is 7. The fourth-order valence-corrected chi connectivity index (χ4v) is 4.43. The molecule has 1 fully saturated rings. The van der Waals surface area contributed by atoms with Crippen LogP contribution in [0.4, 0.5) is 0 Å². The number of morpholine rings is 1. The highest BCUT2D eigenvalue weighted by Gasteiger charge is 2.21. The van der Waals surface area contributed by atoms with Gasteiger partial charge in [-0.25, -0.2) is 0 Å². The Hall–Kier alpha value is -3.04. The normalized spacial score (nSPS) is 15.3. The van der Waals surface area contributed by atoms with Gasteiger partial charge in [0.25, 0.3) is 0 Å². The van der Waals surface area contributed by atoms with Crippen LogP contribution in [0.1, 0.15) is 5.56 Å². The molecule has 1 saturated heterocycles. The number of hydrogen-bond donors (Lipinski definition) is 0. The zero-order valence-electron chi connectivity index (χ0n) is 16.9. The summed E-state index contributed by atoms with van der Waals surface area (Å²) in [5.74, 6) is 2.66. The Balaban J connectivity index is 1.40. The van der Waals surface area contributed by atoms with Gasteiger partial charge in [0.05, 0.1) is 25.5 Å². The zero-order valence-corrected chi connectivity index (χ0v) is 17.7. The molecule has 1 aromatic heterocycles. The minimum absolute atomic E-state index is 0.0900. The Morgan fingerprint density at radius 1 is 1.00 bits per heavy atom. The first-order valence-corrected chi connectivity index (χ1v) is 11.1. The highest BCUT2D eigenvalue weighted by molar-refractivity contribution is 7.99. The molecule has 0 unspecified atom stereocenters. The van der Waals surface area contributed by atoms with Crippen molar-refractivity contribution < 1.29 is 19.0 Å². The van der Waals surface area contributed by atoms with Gasteiger partial charge in [0.2, 0.25) is 12.7 Å². The van der Waals surface area contributed by atoms with E-state index >= 15 is 0 Å². The largest absolute Gasteiger partial charge is 0.454 e. The lowest BCUT2D eigenvalue weighted by molar-refractivity contribution is -0.132. The standard InChI is InChI=1S/C22H22N4O4S/c27-20(25-8-10-28-11-9-25)14-31-22-24-23-21(17-4-2-1-3-5-17)26(22)13-16-6-7-18-19(12-16)30-15-29-18/h1-7,12H,8-11,13-15H2. The number of thioether (sulfide) groups is 1. The van der Waals surface area contributed by atoms with Crippen LogP contribution in [0.5, 0.6) is 11.5 Å². The molecular formula is C22H22N4O4S. The molecule has 31 heavy (non-hydrogen) atoms. The van der Waals surface area contributed by atoms with Crippen LogP contribution in [0.15, 0.2) is 53.7 Å². The maximum absolute atomic E-state index is 12.6. The van der Waals surface area contributed by atoms with Crippen LogP contribution in [0.2, 0.25) is 0 Å². The molecule has 1 amide bonds. The fraction of sp³-hybridized carbons (Fsp3) is 0.318. The van der Waals surface area contributed by atoms with Crippen LogP contribution >= 0.6 is 11.8 Å². The molecule has 0 radical (unpaired) electrons. The van der Waals surface area contributed by atoms with Crippen LogP contribution < -0.4 is 9.47 Å². The maximum atomic E-state index is 12.6. The van der Waals surface area contributed by atoms with Gasteiger partial charge < -0.3 is 19.1 Å². The van der Waals surface area contributed by atoms with Crippen LogP contribution in [0, 0.1) is 0 Å². The number of amides is 1. The Morgan fingerprint density at radius 3 is 2.65 bits per heavy atom. The van der Waals surface area contributed by atoms with Gasteiger partial charge in [-0.15, -0.1) is 10.2 Å². The molecule has 0 N–H and O–H groups in total. The lowest BCUT2D eigenvalue weighted by atomic mass is 10.2. The average Bonchev–Trinajstić information content (AvgIpc) is 3.45. The van der Waals surface area contributed by atoms with Crippen molar-refractivity contribution in [3.8, 4) is 22.9 Å². The Bertz CT molecular complexity index is 1070. The topological polar surface area (TPSA) is 78.7 Å². The van der Waals surface area contributed by atoms with E-state index in [1.165, 1.54) is 11.8 Å². The Morgan fingerprint density at radius 2 is 1.81 bits per heavy atom. The first-order valence-electron chi connectivity index (χ1n) is 10.1. The average molecular weight is 439 g/mol. The lowest BCUT2D eigenvalue weighted by Crippen LogP contribution is -2.41. The Kier molecular flexibility index (Phi) is 5.77. The molecule has 0 bridgehead atoms. The van der Waals surface area contributed by atoms with Crippen LogP contribution in [0.25, 0.3) is 11.4 Å². The predicted molar refractivity (Wildman–Crippen MR) is 115 cm³/mol. The van der Waals surface area contributed by atoms with E-state index in [2.05, 4.69) is 10.2 Å². The molecule has 3 heterocycles. The quantitative estimate of drug-likeness (QED) is 0.548. The molecule has 3 aromatic rings. The summed E-state index contributed by atoms with van der Waals surface area (Å²) in [6.45, 7) is 3.26. The number of benzene rings is 2. The van der Waals surface area contributed by atoms with Crippen molar-refractivity contribution >= 4 is 17.7 Å². The molecule has 8 nitrogen and oxygen atoms in total. The monoisotopic (exact) mass is 438 g/mol. The number of fused-ring (bicyclic) bond motifs is 1. The number of nitrogens with zero attached hydrogens (tertiary/aromatic N) is 4. The number of aromatic nitrogens is 3. The van der Waals surface area contributed by atoms with Gasteiger partial charge in [0.15, 0.2) is 22.5 Å². The fourth-order valence-electron chi connectivity index (χ4n) is 3.59. The molecule has 0 aliphatic carbocycles. The van der Waals surface area contributed by atoms with Gasteiger partial charge in [-0.3, -0.25) is 9.36 Å². The summed E-state index contributed by atoms with van der Waals surface area (Å²) in [6, 6.07) is 15.8. The van der Waals surface area contributed by atoms with Gasteiger partial charge in [-0.05, 0) is 17.7 Å². The van der Waals surface area contributed by atoms with Crippen molar-refractivity contribution in [3.63, 3.8) is 0 Å². The van der Waals surface area contributed by atoms with Gasteiger partial charge in [0, 0.05) is 18.7 Å². The number of ether oxygens (including phenoxy) is 3. The minimum Gasteiger partial charge on any atom is -0.454 e. The smallest absolute Gasteiger partial charge is 0.233 e. The third-order valence-corrected chi connectivity index (χ3v) is 6.17. The Labute approximate surface area is 184 Å². The summed E-state index contributed by atoms with van der Waals surface area (Å²) in [7, 11) is 0. The van der Waals surface area contributed by atoms with E-state index < -0.39 is 0 Å². The summed E-state index contributed by atoms with van der Waals surface area (Å²) in [5, 5.41) is 9.55. The van der Waals surface area contributed by atoms with E-state index in [1.54, 1.807) is 0 Å². The first kappa shape index (κ1) is 19.9. The molecule has 2 aliphatic rings. The van der Waals surface area contributed by atoms with Gasteiger partial charge in [-0.2, -0.15) is 0 Å². The predicted octanol–water partition coefficient (Wildman–Crippen LogP) is 2.67. The summed E-state index contributed by atoms with van der Waals surface area (Å²) in [6.07, 6.45) is 0. The van der Waals surface area contributed by atoms with Gasteiger partial charge >= 0.3 is 0 Å². The number of carbonyl (C=O) groups is 1. The lowest BCUT2D eigenvalue weighted by Gasteiger charge is -2.26. The van der Waals surface area contributed by atoms with Crippen molar-refractivity contribution in [1.82, 2.24) is 19.7 Å². The van der Waals surface area contributed by atoms with Crippen molar-refractivity contribution in [2.24, 2.45) is 0 Å². The maximum Gasteiger partial charge on any atom is 0.233 e. The summed E-state index contributed by atoms with van der Waals surface area (Å²) in [4.78, 5) is 14.4. The van der Waals surface area contributed by atoms with Crippen LogP contribution in [-0.2, 0) is 16.1 Å². The second kappa shape index (κ2) is 8.99. The highest BCUT2D eigenvalue weighted by atomic mass is 32.2. The van der Waals surface area contributed by atoms with Crippen molar-refractivity contribution in [2.45, 2.75) is 11.7 Å². The number of rotatable bonds is 6. The van der Waals surface area contributed by atoms with Crippen molar-refractivity contribution in [3.05, 3.63) is 54.1 Å². The number of carbonyl (C=O) groups excluding carboxylic acids is 1. The van der Waals surface area contributed by atoms with Crippen LogP contribution in [-0.4, -0.2) is 64.4 Å². The second-order valence-electron chi connectivity index (χ2n) is 7.23. The van der Waals surface area contributed by atoms with E-state index in [4.69, 9.17) is 14.2 Å². The molecular weight excluding hydrogens is 416 g/mol. The molecule has 160 valence electrons. The molecule has 0 saturated carbocycles. The van der Waals surface area contributed by atoms with E-state index in [1.807, 2.05) is 58.0 Å². The summed E-state index contributed by atoms with van der Waals surface area (Å²) >= 11 is 1.41. The third kappa shape index (κ3) is 4.38. The van der Waals surface area contributed by atoms with E-state index in [9.17, 15) is 4.79 Å². The second-order valence-corrected chi connectivity index (χ2v) is 8.17.